The van der Waals surface area contributed by atoms with E-state index >= 15 is 0 Å². The van der Waals surface area contributed by atoms with Crippen LogP contribution in [0.5, 0.6) is 0 Å². The number of hydrogen-bond donors (Lipinski definition) is 1. The summed E-state index contributed by atoms with van der Waals surface area (Å²) in [7, 11) is 0. The molecule has 0 aliphatic carbocycles. The maximum atomic E-state index is 12.0. The lowest BCUT2D eigenvalue weighted by molar-refractivity contribution is 0.368. The maximum Gasteiger partial charge on any atom is 0.253 e. The lowest BCUT2D eigenvalue weighted by Crippen LogP contribution is -2.31. The molecule has 1 fully saturated rings. The van der Waals surface area contributed by atoms with Crippen LogP contribution in [0, 0.1) is 5.92 Å². The fraction of sp³-hybridized carbons (Fsp3) is 0.714. The smallest absolute Gasteiger partial charge is 0.253 e. The van der Waals surface area contributed by atoms with Crippen LogP contribution in [0.4, 0.5) is 0 Å². The molecule has 0 amide bonds. The molecule has 1 saturated heterocycles. The highest BCUT2D eigenvalue weighted by Crippen LogP contribution is 2.17. The number of aromatic nitrogens is 2. The van der Waals surface area contributed by atoms with Gasteiger partial charge in [-0.15, -0.1) is 0 Å². The number of piperidine rings is 1. The third-order valence-electron chi connectivity index (χ3n) is 4.13. The zero-order chi connectivity index (χ0) is 12.4. The first-order valence-corrected chi connectivity index (χ1v) is 7.13. The molecule has 4 heteroatoms. The quantitative estimate of drug-likeness (QED) is 0.852. The largest absolute Gasteiger partial charge is 0.317 e. The van der Waals surface area contributed by atoms with E-state index in [4.69, 9.17) is 4.98 Å². The summed E-state index contributed by atoms with van der Waals surface area (Å²) in [5, 5.41) is 3.38. The minimum atomic E-state index is 0.156. The van der Waals surface area contributed by atoms with E-state index < -0.39 is 0 Å². The molecule has 18 heavy (non-hydrogen) atoms. The van der Waals surface area contributed by atoms with Crippen molar-refractivity contribution >= 4 is 0 Å². The van der Waals surface area contributed by atoms with E-state index in [-0.39, 0.29) is 5.56 Å². The van der Waals surface area contributed by atoms with Crippen LogP contribution in [-0.4, -0.2) is 22.6 Å². The van der Waals surface area contributed by atoms with Crippen LogP contribution in [0.25, 0.3) is 0 Å². The molecule has 2 aliphatic heterocycles. The Kier molecular flexibility index (Phi) is 3.46. The molecule has 0 radical (unpaired) electrons. The Morgan fingerprint density at radius 2 is 2.17 bits per heavy atom. The van der Waals surface area contributed by atoms with Gasteiger partial charge in [0.25, 0.3) is 5.56 Å². The van der Waals surface area contributed by atoms with Crippen molar-refractivity contribution in [1.29, 1.82) is 0 Å². The highest BCUT2D eigenvalue weighted by Gasteiger charge is 2.17. The molecule has 3 heterocycles. The standard InChI is InChI=1S/C14H21N3O/c18-14-10-12(9-11-4-6-15-7-5-11)16-13-3-1-2-8-17(13)14/h10-11,15H,1-9H2. The first-order chi connectivity index (χ1) is 8.83. The van der Waals surface area contributed by atoms with Crippen molar-refractivity contribution < 1.29 is 0 Å². The van der Waals surface area contributed by atoms with Crippen LogP contribution < -0.4 is 10.9 Å². The number of rotatable bonds is 2. The Bertz CT molecular complexity index is 474. The number of aryl methyl sites for hydroxylation is 1. The minimum Gasteiger partial charge on any atom is -0.317 e. The van der Waals surface area contributed by atoms with Gasteiger partial charge in [0.05, 0.1) is 0 Å². The molecule has 1 aromatic rings. The molecule has 1 N–H and O–H groups in total. The van der Waals surface area contributed by atoms with Crippen LogP contribution in [0.2, 0.25) is 0 Å². The summed E-state index contributed by atoms with van der Waals surface area (Å²) in [5.74, 6) is 1.71. The molecular weight excluding hydrogens is 226 g/mol. The van der Waals surface area contributed by atoms with Crippen molar-refractivity contribution in [1.82, 2.24) is 14.9 Å². The normalized spacial score (nSPS) is 20.7. The Balaban J connectivity index is 1.80. The Morgan fingerprint density at radius 1 is 1.33 bits per heavy atom. The monoisotopic (exact) mass is 247 g/mol. The van der Waals surface area contributed by atoms with Gasteiger partial charge in [-0.1, -0.05) is 0 Å². The molecule has 0 aromatic carbocycles. The highest BCUT2D eigenvalue weighted by molar-refractivity contribution is 5.07. The predicted octanol–water partition coefficient (Wildman–Crippen LogP) is 1.12. The lowest BCUT2D eigenvalue weighted by Gasteiger charge is -2.23. The second kappa shape index (κ2) is 5.22. The van der Waals surface area contributed by atoms with Crippen LogP contribution in [0.1, 0.15) is 37.2 Å². The average Bonchev–Trinajstić information content (AvgIpc) is 2.40. The Morgan fingerprint density at radius 3 is 3.00 bits per heavy atom. The van der Waals surface area contributed by atoms with E-state index in [0.29, 0.717) is 5.92 Å². The maximum absolute atomic E-state index is 12.0. The zero-order valence-corrected chi connectivity index (χ0v) is 10.8. The number of fused-ring (bicyclic) bond motifs is 1. The highest BCUT2D eigenvalue weighted by atomic mass is 16.1. The van der Waals surface area contributed by atoms with E-state index in [1.807, 2.05) is 4.57 Å². The summed E-state index contributed by atoms with van der Waals surface area (Å²) in [6, 6.07) is 1.76. The summed E-state index contributed by atoms with van der Waals surface area (Å²) in [4.78, 5) is 16.7. The fourth-order valence-electron chi connectivity index (χ4n) is 3.08. The third-order valence-corrected chi connectivity index (χ3v) is 4.13. The molecule has 0 spiro atoms. The van der Waals surface area contributed by atoms with Gasteiger partial charge in [-0.25, -0.2) is 4.98 Å². The summed E-state index contributed by atoms with van der Waals surface area (Å²) < 4.78 is 1.86. The van der Waals surface area contributed by atoms with Crippen LogP contribution in [-0.2, 0) is 19.4 Å². The van der Waals surface area contributed by atoms with Crippen molar-refractivity contribution in [3.8, 4) is 0 Å². The Hall–Kier alpha value is -1.16. The van der Waals surface area contributed by atoms with Crippen molar-refractivity contribution in [2.24, 2.45) is 5.92 Å². The van der Waals surface area contributed by atoms with Crippen molar-refractivity contribution in [2.75, 3.05) is 13.1 Å². The molecule has 0 bridgehead atoms. The summed E-state index contributed by atoms with van der Waals surface area (Å²) in [6.07, 6.45) is 6.64. The van der Waals surface area contributed by atoms with Gasteiger partial charge in [0.15, 0.2) is 0 Å². The molecule has 0 atom stereocenters. The van der Waals surface area contributed by atoms with Gasteiger partial charge in [-0.2, -0.15) is 0 Å². The minimum absolute atomic E-state index is 0.156. The number of nitrogens with zero attached hydrogens (tertiary/aromatic N) is 2. The van der Waals surface area contributed by atoms with Crippen molar-refractivity contribution in [3.05, 3.63) is 27.9 Å². The van der Waals surface area contributed by atoms with Gasteiger partial charge in [0, 0.05) is 24.7 Å². The summed E-state index contributed by atoms with van der Waals surface area (Å²) in [5.41, 5.74) is 1.17. The average molecular weight is 247 g/mol. The SMILES string of the molecule is O=c1cc(CC2CCNCC2)nc2n1CCCC2. The third kappa shape index (κ3) is 2.48. The van der Waals surface area contributed by atoms with E-state index in [2.05, 4.69) is 5.32 Å². The van der Waals surface area contributed by atoms with Crippen LogP contribution >= 0.6 is 0 Å². The van der Waals surface area contributed by atoms with Crippen molar-refractivity contribution in [3.63, 3.8) is 0 Å². The first-order valence-electron chi connectivity index (χ1n) is 7.13. The molecule has 2 aliphatic rings. The van der Waals surface area contributed by atoms with E-state index in [1.54, 1.807) is 6.07 Å². The molecule has 0 unspecified atom stereocenters. The second-order valence-electron chi connectivity index (χ2n) is 5.51. The van der Waals surface area contributed by atoms with Gasteiger partial charge in [0.2, 0.25) is 0 Å². The van der Waals surface area contributed by atoms with Gasteiger partial charge < -0.3 is 5.32 Å². The second-order valence-corrected chi connectivity index (χ2v) is 5.51. The van der Waals surface area contributed by atoms with Gasteiger partial charge >= 0.3 is 0 Å². The zero-order valence-electron chi connectivity index (χ0n) is 10.8. The van der Waals surface area contributed by atoms with Gasteiger partial charge in [-0.05, 0) is 51.1 Å². The number of nitrogens with one attached hydrogen (secondary N) is 1. The molecule has 98 valence electrons. The topological polar surface area (TPSA) is 46.9 Å². The van der Waals surface area contributed by atoms with Gasteiger partial charge in [-0.3, -0.25) is 9.36 Å². The summed E-state index contributed by atoms with van der Waals surface area (Å²) in [6.45, 7) is 3.07. The fourth-order valence-corrected chi connectivity index (χ4v) is 3.08. The summed E-state index contributed by atoms with van der Waals surface area (Å²) >= 11 is 0. The van der Waals surface area contributed by atoms with Crippen LogP contribution in [0.3, 0.4) is 0 Å². The van der Waals surface area contributed by atoms with Gasteiger partial charge in [0.1, 0.15) is 5.82 Å². The molecule has 3 rings (SSSR count). The number of hydrogen-bond acceptors (Lipinski definition) is 3. The van der Waals surface area contributed by atoms with Crippen LogP contribution in [0.15, 0.2) is 10.9 Å². The Labute approximate surface area is 107 Å². The van der Waals surface area contributed by atoms with Crippen molar-refractivity contribution in [2.45, 2.75) is 45.1 Å². The molecule has 1 aromatic heterocycles. The molecule has 4 nitrogen and oxygen atoms in total. The van der Waals surface area contributed by atoms with E-state index in [0.717, 1.165) is 50.4 Å². The molecular formula is C14H21N3O. The molecule has 0 saturated carbocycles. The predicted molar refractivity (Wildman–Crippen MR) is 70.7 cm³/mol. The van der Waals surface area contributed by atoms with E-state index in [9.17, 15) is 4.79 Å². The van der Waals surface area contributed by atoms with E-state index in [1.165, 1.54) is 19.3 Å². The first kappa shape index (κ1) is 11.9. The lowest BCUT2D eigenvalue weighted by atomic mass is 9.93.